The molecule has 108 valence electrons. The number of anilines is 1. The molecule has 1 aromatic carbocycles. The second-order valence-electron chi connectivity index (χ2n) is 5.83. The summed E-state index contributed by atoms with van der Waals surface area (Å²) >= 11 is 6.17. The van der Waals surface area contributed by atoms with E-state index in [0.29, 0.717) is 16.6 Å². The van der Waals surface area contributed by atoms with Crippen LogP contribution in [-0.2, 0) is 12.5 Å². The summed E-state index contributed by atoms with van der Waals surface area (Å²) in [6.45, 7) is 6.33. The summed E-state index contributed by atoms with van der Waals surface area (Å²) in [5.74, 6) is 2.22. The van der Waals surface area contributed by atoms with E-state index in [1.807, 2.05) is 29.8 Å². The molecule has 0 aliphatic rings. The molecule has 1 aromatic heterocycles. The maximum atomic E-state index is 6.18. The van der Waals surface area contributed by atoms with Crippen molar-refractivity contribution in [2.45, 2.75) is 26.2 Å². The molecule has 2 rings (SSSR count). The second-order valence-corrected chi connectivity index (χ2v) is 6.23. The maximum Gasteiger partial charge on any atom is 0.137 e. The van der Waals surface area contributed by atoms with Crippen LogP contribution in [-0.4, -0.2) is 16.7 Å². The van der Waals surface area contributed by atoms with Crippen molar-refractivity contribution in [1.82, 2.24) is 9.55 Å². The van der Waals surface area contributed by atoms with Gasteiger partial charge in [0.05, 0.1) is 12.1 Å². The largest absolute Gasteiger partial charge is 0.495 e. The average molecular weight is 294 g/mol. The monoisotopic (exact) mass is 293 g/mol. The Morgan fingerprint density at radius 2 is 1.95 bits per heavy atom. The number of ether oxygens (including phenoxy) is 1. The van der Waals surface area contributed by atoms with Gasteiger partial charge in [-0.15, -0.1) is 0 Å². The van der Waals surface area contributed by atoms with E-state index in [4.69, 9.17) is 22.1 Å². The zero-order chi connectivity index (χ0) is 15.1. The predicted molar refractivity (Wildman–Crippen MR) is 83.3 cm³/mol. The first-order chi connectivity index (χ1) is 9.25. The number of rotatable bonds is 2. The first-order valence-corrected chi connectivity index (χ1v) is 6.80. The maximum absolute atomic E-state index is 6.18. The topological polar surface area (TPSA) is 53.1 Å². The van der Waals surface area contributed by atoms with E-state index in [-0.39, 0.29) is 5.41 Å². The Bertz CT molecular complexity index is 641. The highest BCUT2D eigenvalue weighted by Gasteiger charge is 2.24. The summed E-state index contributed by atoms with van der Waals surface area (Å²) < 4.78 is 7.08. The van der Waals surface area contributed by atoms with Crippen LogP contribution in [0.5, 0.6) is 5.75 Å². The number of halogens is 1. The fraction of sp³-hybridized carbons (Fsp3) is 0.400. The van der Waals surface area contributed by atoms with Crippen molar-refractivity contribution in [2.24, 2.45) is 7.05 Å². The number of nitrogens with two attached hydrogens (primary N) is 1. The third-order valence-electron chi connectivity index (χ3n) is 3.24. The molecule has 0 saturated carbocycles. The van der Waals surface area contributed by atoms with Gasteiger partial charge < -0.3 is 15.0 Å². The van der Waals surface area contributed by atoms with E-state index in [2.05, 4.69) is 25.8 Å². The Labute approximate surface area is 124 Å². The summed E-state index contributed by atoms with van der Waals surface area (Å²) in [7, 11) is 3.52. The van der Waals surface area contributed by atoms with Crippen LogP contribution in [0.25, 0.3) is 11.3 Å². The highest BCUT2D eigenvalue weighted by atomic mass is 35.5. The van der Waals surface area contributed by atoms with Crippen molar-refractivity contribution in [2.75, 3.05) is 12.8 Å². The summed E-state index contributed by atoms with van der Waals surface area (Å²) in [6.07, 6.45) is 0. The van der Waals surface area contributed by atoms with Crippen molar-refractivity contribution < 1.29 is 4.74 Å². The van der Waals surface area contributed by atoms with Gasteiger partial charge in [-0.25, -0.2) is 4.98 Å². The van der Waals surface area contributed by atoms with Gasteiger partial charge in [0.15, 0.2) is 0 Å². The van der Waals surface area contributed by atoms with E-state index in [9.17, 15) is 0 Å². The Kier molecular flexibility index (Phi) is 3.69. The molecule has 0 amide bonds. The lowest BCUT2D eigenvalue weighted by atomic mass is 9.96. The van der Waals surface area contributed by atoms with E-state index in [1.165, 1.54) is 0 Å². The number of nitrogen functional groups attached to an aromatic ring is 1. The lowest BCUT2D eigenvalue weighted by Crippen LogP contribution is -2.17. The smallest absolute Gasteiger partial charge is 0.137 e. The van der Waals surface area contributed by atoms with Crippen LogP contribution < -0.4 is 10.5 Å². The van der Waals surface area contributed by atoms with Crippen LogP contribution in [0.1, 0.15) is 26.6 Å². The number of hydrogen-bond donors (Lipinski definition) is 1. The summed E-state index contributed by atoms with van der Waals surface area (Å²) in [4.78, 5) is 4.69. The third-order valence-corrected chi connectivity index (χ3v) is 3.53. The molecule has 0 aliphatic carbocycles. The first kappa shape index (κ1) is 14.7. The summed E-state index contributed by atoms with van der Waals surface area (Å²) in [6, 6.07) is 5.56. The quantitative estimate of drug-likeness (QED) is 0.920. The number of hydrogen-bond acceptors (Lipinski definition) is 3. The Hall–Kier alpha value is -1.68. The van der Waals surface area contributed by atoms with Gasteiger partial charge in [0.1, 0.15) is 23.1 Å². The lowest BCUT2D eigenvalue weighted by Gasteiger charge is -2.17. The normalized spacial score (nSPS) is 11.7. The molecule has 0 bridgehead atoms. The van der Waals surface area contributed by atoms with Gasteiger partial charge in [-0.05, 0) is 18.2 Å². The number of aromatic nitrogens is 2. The predicted octanol–water partition coefficient (Wildman–Crippen LogP) is 3.63. The molecule has 0 radical (unpaired) electrons. The molecule has 2 N–H and O–H groups in total. The zero-order valence-corrected chi connectivity index (χ0v) is 13.2. The molecule has 5 heteroatoms. The molecule has 0 unspecified atom stereocenters. The Morgan fingerprint density at radius 1 is 1.30 bits per heavy atom. The number of nitrogens with zero attached hydrogens (tertiary/aromatic N) is 2. The van der Waals surface area contributed by atoms with Crippen molar-refractivity contribution >= 4 is 17.4 Å². The lowest BCUT2D eigenvalue weighted by molar-refractivity contribution is 0.415. The molecule has 0 atom stereocenters. The van der Waals surface area contributed by atoms with E-state index in [1.54, 1.807) is 7.11 Å². The van der Waals surface area contributed by atoms with Gasteiger partial charge in [0.2, 0.25) is 0 Å². The van der Waals surface area contributed by atoms with Gasteiger partial charge in [-0.3, -0.25) is 0 Å². The van der Waals surface area contributed by atoms with Crippen molar-refractivity contribution in [3.8, 4) is 17.0 Å². The summed E-state index contributed by atoms with van der Waals surface area (Å²) in [5.41, 5.74) is 7.75. The van der Waals surface area contributed by atoms with E-state index >= 15 is 0 Å². The Morgan fingerprint density at radius 3 is 2.40 bits per heavy atom. The minimum atomic E-state index is -0.0720. The molecule has 0 fully saturated rings. The molecule has 2 aromatic rings. The molecule has 0 aliphatic heterocycles. The first-order valence-electron chi connectivity index (χ1n) is 6.42. The van der Waals surface area contributed by atoms with Gasteiger partial charge in [-0.2, -0.15) is 0 Å². The van der Waals surface area contributed by atoms with Crippen molar-refractivity contribution in [3.05, 3.63) is 29.0 Å². The fourth-order valence-corrected chi connectivity index (χ4v) is 2.47. The van der Waals surface area contributed by atoms with Gasteiger partial charge in [0, 0.05) is 18.0 Å². The number of benzene rings is 1. The van der Waals surface area contributed by atoms with Crippen molar-refractivity contribution in [3.63, 3.8) is 0 Å². The summed E-state index contributed by atoms with van der Waals surface area (Å²) in [5, 5.41) is 0.548. The second kappa shape index (κ2) is 5.02. The highest BCUT2D eigenvalue weighted by Crippen LogP contribution is 2.34. The third kappa shape index (κ3) is 2.48. The minimum absolute atomic E-state index is 0.0720. The highest BCUT2D eigenvalue weighted by molar-refractivity contribution is 6.32. The zero-order valence-electron chi connectivity index (χ0n) is 12.5. The molecule has 1 heterocycles. The number of imidazole rings is 1. The molecular weight excluding hydrogens is 274 g/mol. The van der Waals surface area contributed by atoms with Crippen molar-refractivity contribution in [1.29, 1.82) is 0 Å². The SMILES string of the molecule is COc1ccc(-c2nc(C(C)(C)C)n(C)c2N)cc1Cl. The van der Waals surface area contributed by atoms with Crippen LogP contribution in [0.2, 0.25) is 5.02 Å². The van der Waals surface area contributed by atoms with Crippen LogP contribution in [0.15, 0.2) is 18.2 Å². The Balaban J connectivity index is 2.57. The van der Waals surface area contributed by atoms with Crippen LogP contribution in [0, 0.1) is 0 Å². The number of methoxy groups -OCH3 is 1. The van der Waals surface area contributed by atoms with Crippen LogP contribution >= 0.6 is 11.6 Å². The molecule has 0 saturated heterocycles. The molecule has 0 spiro atoms. The van der Waals surface area contributed by atoms with Crippen LogP contribution in [0.3, 0.4) is 0 Å². The fourth-order valence-electron chi connectivity index (χ4n) is 2.21. The van der Waals surface area contributed by atoms with E-state index in [0.717, 1.165) is 17.1 Å². The van der Waals surface area contributed by atoms with Gasteiger partial charge in [-0.1, -0.05) is 32.4 Å². The van der Waals surface area contributed by atoms with Gasteiger partial charge in [0.25, 0.3) is 0 Å². The molecule has 4 nitrogen and oxygen atoms in total. The van der Waals surface area contributed by atoms with E-state index < -0.39 is 0 Å². The minimum Gasteiger partial charge on any atom is -0.495 e. The molecule has 20 heavy (non-hydrogen) atoms. The standard InChI is InChI=1S/C15H20ClN3O/c1-15(2,3)14-18-12(13(17)19(14)4)9-6-7-11(20-5)10(16)8-9/h6-8H,17H2,1-5H3. The average Bonchev–Trinajstić information content (AvgIpc) is 2.66. The van der Waals surface area contributed by atoms with Crippen LogP contribution in [0.4, 0.5) is 5.82 Å². The van der Waals surface area contributed by atoms with Gasteiger partial charge >= 0.3 is 0 Å². The molecular formula is C15H20ClN3O.